The molecule has 10 heteroatoms. The van der Waals surface area contributed by atoms with E-state index in [1.807, 2.05) is 13.8 Å². The van der Waals surface area contributed by atoms with Crippen molar-refractivity contribution in [3.05, 3.63) is 45.9 Å². The zero-order valence-corrected chi connectivity index (χ0v) is 16.8. The Labute approximate surface area is 163 Å². The van der Waals surface area contributed by atoms with Crippen molar-refractivity contribution in [2.24, 2.45) is 0 Å². The van der Waals surface area contributed by atoms with E-state index in [1.54, 1.807) is 0 Å². The highest BCUT2D eigenvalue weighted by atomic mass is 79.9. The molecular formula is C17H16BrF3NO4P. The first-order valence-corrected chi connectivity index (χ1v) is 9.91. The standard InChI is InChI=1S/C17H16BrF3NO4P/c1-9(2)12-7-11(3-4-15(12)23)26-16-13(17(19,20)21)5-10(6-14(16)18)22-8-27(24)25/h3-7,9,22-23H,8H2,1-2H3. The van der Waals surface area contributed by atoms with Gasteiger partial charge >= 0.3 is 14.2 Å². The quantitative estimate of drug-likeness (QED) is 0.545. The third-order valence-corrected chi connectivity index (χ3v) is 4.61. The molecule has 146 valence electrons. The van der Waals surface area contributed by atoms with Crippen LogP contribution in [0.1, 0.15) is 30.9 Å². The molecule has 1 unspecified atom stereocenters. The number of phenols is 1. The van der Waals surface area contributed by atoms with Crippen molar-refractivity contribution >= 4 is 29.6 Å². The largest absolute Gasteiger partial charge is 0.594 e. The SMILES string of the molecule is CC(C)c1cc(Oc2c(Br)cc(NC[P+](=O)[O-])cc2C(F)(F)F)ccc1O. The molecule has 2 N–H and O–H groups in total. The van der Waals surface area contributed by atoms with Gasteiger partial charge in [-0.1, -0.05) is 18.4 Å². The summed E-state index contributed by atoms with van der Waals surface area (Å²) in [6.45, 7) is 3.66. The van der Waals surface area contributed by atoms with Crippen LogP contribution in [-0.4, -0.2) is 11.4 Å². The Kier molecular flexibility index (Phi) is 6.72. The van der Waals surface area contributed by atoms with Gasteiger partial charge in [0.05, 0.1) is 4.47 Å². The summed E-state index contributed by atoms with van der Waals surface area (Å²) in [7, 11) is -2.79. The second kappa shape index (κ2) is 8.46. The first-order chi connectivity index (χ1) is 12.5. The number of alkyl halides is 3. The molecule has 27 heavy (non-hydrogen) atoms. The molecule has 5 nitrogen and oxygen atoms in total. The van der Waals surface area contributed by atoms with E-state index in [9.17, 15) is 27.7 Å². The second-order valence-electron chi connectivity index (χ2n) is 5.98. The van der Waals surface area contributed by atoms with E-state index in [1.165, 1.54) is 24.3 Å². The van der Waals surface area contributed by atoms with Crippen LogP contribution < -0.4 is 14.9 Å². The minimum absolute atomic E-state index is 0.000114. The van der Waals surface area contributed by atoms with E-state index in [4.69, 9.17) is 4.74 Å². The fourth-order valence-electron chi connectivity index (χ4n) is 2.34. The lowest BCUT2D eigenvalue weighted by molar-refractivity contribution is -0.163. The molecule has 2 aromatic rings. The Hall–Kier alpha value is -1.83. The van der Waals surface area contributed by atoms with E-state index in [2.05, 4.69) is 21.2 Å². The average molecular weight is 466 g/mol. The smallest absolute Gasteiger partial charge is 0.420 e. The summed E-state index contributed by atoms with van der Waals surface area (Å²) in [5.41, 5.74) is -0.552. The summed E-state index contributed by atoms with van der Waals surface area (Å²) >= 11 is 3.05. The highest BCUT2D eigenvalue weighted by Crippen LogP contribution is 2.45. The molecule has 2 aromatic carbocycles. The van der Waals surface area contributed by atoms with Gasteiger partial charge in [0, 0.05) is 11.3 Å². The van der Waals surface area contributed by atoms with Crippen LogP contribution in [-0.2, 0) is 10.7 Å². The van der Waals surface area contributed by atoms with E-state index in [0.29, 0.717) is 5.56 Å². The van der Waals surface area contributed by atoms with Gasteiger partial charge in [-0.3, -0.25) is 0 Å². The zero-order valence-electron chi connectivity index (χ0n) is 14.3. The number of benzene rings is 2. The first-order valence-electron chi connectivity index (χ1n) is 7.76. The van der Waals surface area contributed by atoms with Gasteiger partial charge in [-0.05, 0) is 52.2 Å². The van der Waals surface area contributed by atoms with Crippen molar-refractivity contribution in [2.75, 3.05) is 11.6 Å². The number of ether oxygens (including phenoxy) is 1. The van der Waals surface area contributed by atoms with Crippen LogP contribution in [0, 0.1) is 0 Å². The number of anilines is 1. The van der Waals surface area contributed by atoms with Crippen LogP contribution >= 0.6 is 24.0 Å². The highest BCUT2D eigenvalue weighted by molar-refractivity contribution is 9.10. The molecule has 2 rings (SSSR count). The van der Waals surface area contributed by atoms with Gasteiger partial charge in [0.25, 0.3) is 0 Å². The van der Waals surface area contributed by atoms with Gasteiger partial charge in [-0.25, -0.2) is 0 Å². The van der Waals surface area contributed by atoms with Crippen molar-refractivity contribution in [1.29, 1.82) is 0 Å². The Balaban J connectivity index is 2.46. The van der Waals surface area contributed by atoms with Crippen molar-refractivity contribution in [3.63, 3.8) is 0 Å². The monoisotopic (exact) mass is 465 g/mol. The molecule has 0 fully saturated rings. The minimum atomic E-state index is -4.73. The van der Waals surface area contributed by atoms with Crippen molar-refractivity contribution in [1.82, 2.24) is 0 Å². The lowest BCUT2D eigenvalue weighted by Crippen LogP contribution is -2.10. The maximum atomic E-state index is 13.5. The Morgan fingerprint density at radius 3 is 2.52 bits per heavy atom. The van der Waals surface area contributed by atoms with Crippen LogP contribution in [0.3, 0.4) is 0 Å². The van der Waals surface area contributed by atoms with Crippen LogP contribution in [0.4, 0.5) is 18.9 Å². The number of halogens is 4. The van der Waals surface area contributed by atoms with Crippen molar-refractivity contribution < 1.29 is 32.5 Å². The molecule has 0 saturated heterocycles. The van der Waals surface area contributed by atoms with E-state index < -0.39 is 31.8 Å². The van der Waals surface area contributed by atoms with Gasteiger partial charge in [0.2, 0.25) is 6.29 Å². The Morgan fingerprint density at radius 1 is 1.30 bits per heavy atom. The van der Waals surface area contributed by atoms with Gasteiger partial charge in [-0.15, -0.1) is 0 Å². The van der Waals surface area contributed by atoms with Crippen molar-refractivity contribution in [3.8, 4) is 17.2 Å². The van der Waals surface area contributed by atoms with Crippen LogP contribution in [0.5, 0.6) is 17.2 Å². The van der Waals surface area contributed by atoms with E-state index >= 15 is 0 Å². The lowest BCUT2D eigenvalue weighted by atomic mass is 10.0. The minimum Gasteiger partial charge on any atom is -0.594 e. The van der Waals surface area contributed by atoms with Gasteiger partial charge in [0.15, 0.2) is 5.75 Å². The third kappa shape index (κ3) is 5.57. The molecule has 0 heterocycles. The first kappa shape index (κ1) is 21.5. The zero-order chi connectivity index (χ0) is 20.4. The molecule has 0 aliphatic heterocycles. The van der Waals surface area contributed by atoms with Crippen molar-refractivity contribution in [2.45, 2.75) is 25.9 Å². The summed E-state index contributed by atoms with van der Waals surface area (Å²) in [4.78, 5) is 10.7. The maximum absolute atomic E-state index is 13.5. The number of hydrogen-bond donors (Lipinski definition) is 2. The van der Waals surface area contributed by atoms with Gasteiger partial charge in [0.1, 0.15) is 17.1 Å². The predicted molar refractivity (Wildman–Crippen MR) is 97.5 cm³/mol. The number of nitrogens with one attached hydrogen (secondary N) is 1. The molecule has 0 spiro atoms. The molecule has 0 aromatic heterocycles. The number of rotatable bonds is 6. The number of phenolic OH excluding ortho intramolecular Hbond substituents is 1. The molecule has 0 bridgehead atoms. The molecule has 0 saturated carbocycles. The second-order valence-corrected chi connectivity index (χ2v) is 7.81. The molecule has 0 aliphatic rings. The van der Waals surface area contributed by atoms with Gasteiger partial charge < -0.3 is 20.1 Å². The molecule has 0 amide bonds. The predicted octanol–water partition coefficient (Wildman–Crippen LogP) is 5.56. The Morgan fingerprint density at radius 2 is 1.96 bits per heavy atom. The summed E-state index contributed by atoms with van der Waals surface area (Å²) in [6, 6.07) is 6.27. The highest BCUT2D eigenvalue weighted by Gasteiger charge is 2.36. The fourth-order valence-corrected chi connectivity index (χ4v) is 3.19. The molecular weight excluding hydrogens is 450 g/mol. The summed E-state index contributed by atoms with van der Waals surface area (Å²) in [5.74, 6) is -0.357. The summed E-state index contributed by atoms with van der Waals surface area (Å²) in [5, 5.41) is 12.3. The average Bonchev–Trinajstić information content (AvgIpc) is 2.55. The lowest BCUT2D eigenvalue weighted by Gasteiger charge is -2.18. The number of hydrogen-bond acceptors (Lipinski definition) is 5. The van der Waals surface area contributed by atoms with Crippen LogP contribution in [0.25, 0.3) is 0 Å². The molecule has 0 radical (unpaired) electrons. The summed E-state index contributed by atoms with van der Waals surface area (Å²) < 4.78 is 56.6. The maximum Gasteiger partial charge on any atom is 0.420 e. The third-order valence-electron chi connectivity index (χ3n) is 3.60. The molecule has 1 atom stereocenters. The normalized spacial score (nSPS) is 12.2. The van der Waals surface area contributed by atoms with Crippen LogP contribution in [0.2, 0.25) is 0 Å². The van der Waals surface area contributed by atoms with Gasteiger partial charge in [-0.2, -0.15) is 13.2 Å². The van der Waals surface area contributed by atoms with E-state index in [0.717, 1.165) is 6.07 Å². The molecule has 0 aliphatic carbocycles. The van der Waals surface area contributed by atoms with Crippen LogP contribution in [0.15, 0.2) is 34.8 Å². The fraction of sp³-hybridized carbons (Fsp3) is 0.294. The topological polar surface area (TPSA) is 81.6 Å². The van der Waals surface area contributed by atoms with E-state index in [-0.39, 0.29) is 27.6 Å². The number of aromatic hydroxyl groups is 1. The Bertz CT molecular complexity index is 859. The summed E-state index contributed by atoms with van der Waals surface area (Å²) in [6.07, 6.45) is -5.22.